The van der Waals surface area contributed by atoms with E-state index in [2.05, 4.69) is 10.6 Å². The SMILES string of the molecule is CNCC(C)(C)C(=O)Nc1c(C)cc(C)cc1Cl. The number of carbonyl (C=O) groups excluding carboxylic acids is 1. The van der Waals surface area contributed by atoms with Gasteiger partial charge < -0.3 is 10.6 Å². The summed E-state index contributed by atoms with van der Waals surface area (Å²) in [6.07, 6.45) is 0. The van der Waals surface area contributed by atoms with Gasteiger partial charge in [-0.15, -0.1) is 0 Å². The molecule has 0 aliphatic carbocycles. The molecule has 0 atom stereocenters. The quantitative estimate of drug-likeness (QED) is 0.881. The molecule has 0 fully saturated rings. The van der Waals surface area contributed by atoms with Crippen molar-refractivity contribution in [3.63, 3.8) is 0 Å². The Hall–Kier alpha value is -1.06. The molecule has 3 nitrogen and oxygen atoms in total. The van der Waals surface area contributed by atoms with Gasteiger partial charge >= 0.3 is 0 Å². The van der Waals surface area contributed by atoms with Crippen molar-refractivity contribution in [2.75, 3.05) is 18.9 Å². The standard InChI is InChI=1S/C14H21ClN2O/c1-9-6-10(2)12(11(15)7-9)17-13(18)14(3,4)8-16-5/h6-7,16H,8H2,1-5H3,(H,17,18). The molecule has 0 bridgehead atoms. The minimum absolute atomic E-state index is 0.0364. The average molecular weight is 269 g/mol. The summed E-state index contributed by atoms with van der Waals surface area (Å²) < 4.78 is 0. The average Bonchev–Trinajstić information content (AvgIpc) is 2.22. The van der Waals surface area contributed by atoms with Gasteiger partial charge in [0.1, 0.15) is 0 Å². The molecule has 100 valence electrons. The van der Waals surface area contributed by atoms with Crippen LogP contribution < -0.4 is 10.6 Å². The summed E-state index contributed by atoms with van der Waals surface area (Å²) in [5.41, 5.74) is 2.30. The van der Waals surface area contributed by atoms with Crippen LogP contribution in [0.5, 0.6) is 0 Å². The molecule has 0 radical (unpaired) electrons. The number of hydrogen-bond donors (Lipinski definition) is 2. The fraction of sp³-hybridized carbons (Fsp3) is 0.500. The maximum absolute atomic E-state index is 12.2. The second-order valence-corrected chi connectivity index (χ2v) is 5.71. The van der Waals surface area contributed by atoms with Crippen LogP contribution in [0.1, 0.15) is 25.0 Å². The fourth-order valence-corrected chi connectivity index (χ4v) is 2.25. The van der Waals surface area contributed by atoms with Crippen LogP contribution in [0.4, 0.5) is 5.69 Å². The molecule has 0 saturated carbocycles. The Morgan fingerprint density at radius 1 is 1.33 bits per heavy atom. The lowest BCUT2D eigenvalue weighted by Gasteiger charge is -2.24. The molecule has 1 rings (SSSR count). The van der Waals surface area contributed by atoms with Crippen molar-refractivity contribution < 1.29 is 4.79 Å². The van der Waals surface area contributed by atoms with E-state index in [1.807, 2.05) is 46.9 Å². The molecule has 2 N–H and O–H groups in total. The highest BCUT2D eigenvalue weighted by molar-refractivity contribution is 6.34. The summed E-state index contributed by atoms with van der Waals surface area (Å²) >= 11 is 6.18. The van der Waals surface area contributed by atoms with Gasteiger partial charge in [-0.25, -0.2) is 0 Å². The highest BCUT2D eigenvalue weighted by Crippen LogP contribution is 2.29. The third kappa shape index (κ3) is 3.47. The van der Waals surface area contributed by atoms with Gasteiger partial charge in [0.2, 0.25) is 5.91 Å². The number of halogens is 1. The third-order valence-electron chi connectivity index (χ3n) is 2.90. The van der Waals surface area contributed by atoms with Crippen LogP contribution in [0.3, 0.4) is 0 Å². The minimum atomic E-state index is -0.477. The Kier molecular flexibility index (Phi) is 4.77. The predicted molar refractivity (Wildman–Crippen MR) is 77.3 cm³/mol. The number of rotatable bonds is 4. The molecule has 0 aromatic heterocycles. The summed E-state index contributed by atoms with van der Waals surface area (Å²) in [5, 5.41) is 6.52. The molecule has 4 heteroatoms. The predicted octanol–water partition coefficient (Wildman–Crippen LogP) is 3.14. The Bertz CT molecular complexity index is 432. The first-order valence-electron chi connectivity index (χ1n) is 6.00. The van der Waals surface area contributed by atoms with E-state index >= 15 is 0 Å². The Labute approximate surface area is 114 Å². The lowest BCUT2D eigenvalue weighted by atomic mass is 9.92. The Balaban J connectivity index is 2.95. The first-order valence-corrected chi connectivity index (χ1v) is 6.38. The maximum Gasteiger partial charge on any atom is 0.231 e. The zero-order chi connectivity index (χ0) is 13.9. The van der Waals surface area contributed by atoms with Crippen LogP contribution in [-0.4, -0.2) is 19.5 Å². The minimum Gasteiger partial charge on any atom is -0.324 e. The fourth-order valence-electron chi connectivity index (χ4n) is 1.88. The molecule has 0 heterocycles. The van der Waals surface area contributed by atoms with E-state index < -0.39 is 5.41 Å². The van der Waals surface area contributed by atoms with Gasteiger partial charge in [-0.1, -0.05) is 17.7 Å². The number of carbonyl (C=O) groups is 1. The molecular weight excluding hydrogens is 248 g/mol. The van der Waals surface area contributed by atoms with Crippen LogP contribution in [0.25, 0.3) is 0 Å². The van der Waals surface area contributed by atoms with Gasteiger partial charge in [0.25, 0.3) is 0 Å². The molecule has 0 aliphatic rings. The van der Waals surface area contributed by atoms with Crippen molar-refractivity contribution >= 4 is 23.2 Å². The van der Waals surface area contributed by atoms with Crippen molar-refractivity contribution in [3.8, 4) is 0 Å². The zero-order valence-corrected chi connectivity index (χ0v) is 12.4. The molecule has 0 saturated heterocycles. The molecular formula is C14H21ClN2O. The van der Waals surface area contributed by atoms with E-state index in [9.17, 15) is 4.79 Å². The molecule has 1 amide bonds. The van der Waals surface area contributed by atoms with Crippen LogP contribution in [0, 0.1) is 19.3 Å². The maximum atomic E-state index is 12.2. The van der Waals surface area contributed by atoms with Crippen molar-refractivity contribution in [1.82, 2.24) is 5.32 Å². The largest absolute Gasteiger partial charge is 0.324 e. The van der Waals surface area contributed by atoms with Gasteiger partial charge in [0.05, 0.1) is 16.1 Å². The van der Waals surface area contributed by atoms with E-state index in [0.29, 0.717) is 17.3 Å². The zero-order valence-electron chi connectivity index (χ0n) is 11.6. The number of hydrogen-bond acceptors (Lipinski definition) is 2. The topological polar surface area (TPSA) is 41.1 Å². The molecule has 1 aromatic rings. The van der Waals surface area contributed by atoms with Crippen molar-refractivity contribution in [1.29, 1.82) is 0 Å². The van der Waals surface area contributed by atoms with Crippen LogP contribution >= 0.6 is 11.6 Å². The third-order valence-corrected chi connectivity index (χ3v) is 3.20. The molecule has 0 unspecified atom stereocenters. The number of anilines is 1. The lowest BCUT2D eigenvalue weighted by Crippen LogP contribution is -2.38. The number of amides is 1. The highest BCUT2D eigenvalue weighted by atomic mass is 35.5. The van der Waals surface area contributed by atoms with Gasteiger partial charge in [0.15, 0.2) is 0 Å². The Morgan fingerprint density at radius 3 is 2.44 bits per heavy atom. The number of benzene rings is 1. The molecule has 1 aromatic carbocycles. The van der Waals surface area contributed by atoms with Crippen LogP contribution in [0.2, 0.25) is 5.02 Å². The van der Waals surface area contributed by atoms with E-state index in [-0.39, 0.29) is 5.91 Å². The van der Waals surface area contributed by atoms with E-state index in [4.69, 9.17) is 11.6 Å². The summed E-state index contributed by atoms with van der Waals surface area (Å²) in [7, 11) is 1.83. The summed E-state index contributed by atoms with van der Waals surface area (Å²) in [5.74, 6) is -0.0364. The monoisotopic (exact) mass is 268 g/mol. The van der Waals surface area contributed by atoms with Gasteiger partial charge in [-0.2, -0.15) is 0 Å². The lowest BCUT2D eigenvalue weighted by molar-refractivity contribution is -0.123. The smallest absolute Gasteiger partial charge is 0.231 e. The van der Waals surface area contributed by atoms with Crippen molar-refractivity contribution in [2.45, 2.75) is 27.7 Å². The summed E-state index contributed by atoms with van der Waals surface area (Å²) in [6, 6.07) is 3.86. The molecule has 18 heavy (non-hydrogen) atoms. The van der Waals surface area contributed by atoms with Crippen molar-refractivity contribution in [3.05, 3.63) is 28.3 Å². The Morgan fingerprint density at radius 2 is 1.94 bits per heavy atom. The van der Waals surface area contributed by atoms with Gasteiger partial charge in [0, 0.05) is 6.54 Å². The van der Waals surface area contributed by atoms with E-state index in [1.54, 1.807) is 0 Å². The van der Waals surface area contributed by atoms with E-state index in [1.165, 1.54) is 0 Å². The van der Waals surface area contributed by atoms with E-state index in [0.717, 1.165) is 11.1 Å². The molecule has 0 aliphatic heterocycles. The first-order chi connectivity index (χ1) is 8.27. The number of nitrogens with one attached hydrogen (secondary N) is 2. The second kappa shape index (κ2) is 5.72. The second-order valence-electron chi connectivity index (χ2n) is 5.31. The molecule has 0 spiro atoms. The first kappa shape index (κ1) is 15.0. The summed E-state index contributed by atoms with van der Waals surface area (Å²) in [6.45, 7) is 8.34. The highest BCUT2D eigenvalue weighted by Gasteiger charge is 2.27. The van der Waals surface area contributed by atoms with Crippen molar-refractivity contribution in [2.24, 2.45) is 5.41 Å². The van der Waals surface area contributed by atoms with Crippen LogP contribution in [-0.2, 0) is 4.79 Å². The number of aryl methyl sites for hydroxylation is 2. The van der Waals surface area contributed by atoms with Gasteiger partial charge in [-0.3, -0.25) is 4.79 Å². The normalized spacial score (nSPS) is 11.4. The van der Waals surface area contributed by atoms with Gasteiger partial charge in [-0.05, 0) is 51.9 Å². The summed E-state index contributed by atoms with van der Waals surface area (Å²) in [4.78, 5) is 12.2. The van der Waals surface area contributed by atoms with Crippen LogP contribution in [0.15, 0.2) is 12.1 Å².